The van der Waals surface area contributed by atoms with Crippen LogP contribution in [-0.2, 0) is 0 Å². The van der Waals surface area contributed by atoms with Gasteiger partial charge in [-0.15, -0.1) is 11.3 Å². The molecule has 2 aliphatic carbocycles. The highest BCUT2D eigenvalue weighted by molar-refractivity contribution is 7.21. The Bertz CT molecular complexity index is 1160. The van der Waals surface area contributed by atoms with Gasteiger partial charge in [-0.2, -0.15) is 23.1 Å². The van der Waals surface area contributed by atoms with Crippen molar-refractivity contribution in [2.45, 2.75) is 43.4 Å². The number of nitrogens with zero attached hydrogens (tertiary/aromatic N) is 3. The van der Waals surface area contributed by atoms with E-state index in [1.807, 2.05) is 24.3 Å². The molecule has 2 heterocycles. The minimum absolute atomic E-state index is 0.136. The van der Waals surface area contributed by atoms with Crippen LogP contribution in [0, 0.1) is 12.8 Å². The highest BCUT2D eigenvalue weighted by Crippen LogP contribution is 2.56. The average molecular weight is 468 g/mol. The summed E-state index contributed by atoms with van der Waals surface area (Å²) in [6.45, 7) is 0.0565. The van der Waals surface area contributed by atoms with Crippen LogP contribution >= 0.6 is 11.3 Å². The molecule has 0 aliphatic heterocycles. The van der Waals surface area contributed by atoms with Crippen LogP contribution in [0.25, 0.3) is 20.8 Å². The zero-order valence-electron chi connectivity index (χ0n) is 16.7. The first kappa shape index (κ1) is 21.3. The van der Waals surface area contributed by atoms with Gasteiger partial charge in [0.25, 0.3) is 0 Å². The number of para-hydroxylation sites is 1. The summed E-state index contributed by atoms with van der Waals surface area (Å²) < 4.78 is 43.5. The number of nitrogens with one attached hydrogen (secondary N) is 1. The molecule has 2 fully saturated rings. The zero-order valence-corrected chi connectivity index (χ0v) is 17.5. The van der Waals surface area contributed by atoms with Gasteiger partial charge in [-0.1, -0.05) is 12.1 Å². The topological polar surface area (TPSA) is 121 Å². The van der Waals surface area contributed by atoms with Crippen molar-refractivity contribution in [2.75, 3.05) is 11.9 Å². The largest absolute Gasteiger partial charge is 0.454 e. The Hall–Kier alpha value is -2.54. The maximum absolute atomic E-state index is 12.6. The Kier molecular flexibility index (Phi) is 4.82. The molecule has 1 aromatic carbocycles. The molecule has 5 rings (SSSR count). The molecule has 0 saturated heterocycles. The van der Waals surface area contributed by atoms with E-state index in [0.717, 1.165) is 10.2 Å². The molecule has 4 N–H and O–H groups in total. The van der Waals surface area contributed by atoms with Crippen LogP contribution in [0.5, 0.6) is 6.01 Å². The first-order valence-electron chi connectivity index (χ1n) is 9.87. The molecule has 0 radical (unpaired) electrons. The number of hydrogen-bond acceptors (Lipinski definition) is 9. The Labute approximate surface area is 183 Å². The van der Waals surface area contributed by atoms with Gasteiger partial charge in [0.05, 0.1) is 33.6 Å². The smallest absolute Gasteiger partial charge is 0.422 e. The Morgan fingerprint density at radius 2 is 1.94 bits per heavy atom. The summed E-state index contributed by atoms with van der Waals surface area (Å²) in [4.78, 5) is 12.8. The third-order valence-electron chi connectivity index (χ3n) is 5.97. The van der Waals surface area contributed by atoms with Crippen molar-refractivity contribution in [3.63, 3.8) is 0 Å². The predicted molar refractivity (Wildman–Crippen MR) is 109 cm³/mol. The van der Waals surface area contributed by atoms with Gasteiger partial charge in [-0.05, 0) is 25.5 Å². The summed E-state index contributed by atoms with van der Waals surface area (Å²) in [7, 11) is 0. The summed E-state index contributed by atoms with van der Waals surface area (Å²) in [5.41, 5.74) is -0.0402. The van der Waals surface area contributed by atoms with E-state index >= 15 is 0 Å². The van der Waals surface area contributed by atoms with Gasteiger partial charge >= 0.3 is 12.2 Å². The van der Waals surface area contributed by atoms with Crippen LogP contribution < -0.4 is 10.1 Å². The summed E-state index contributed by atoms with van der Waals surface area (Å²) >= 11 is 1.37. The third kappa shape index (κ3) is 3.47. The Balaban J connectivity index is 1.53. The maximum Gasteiger partial charge on any atom is 0.422 e. The second-order valence-electron chi connectivity index (χ2n) is 8.08. The molecule has 2 saturated carbocycles. The van der Waals surface area contributed by atoms with Gasteiger partial charge in [0.15, 0.2) is 6.61 Å². The van der Waals surface area contributed by atoms with E-state index in [1.54, 1.807) is 6.92 Å². The van der Waals surface area contributed by atoms with Crippen molar-refractivity contribution < 1.29 is 33.2 Å². The molecule has 12 heteroatoms. The Morgan fingerprint density at radius 3 is 2.59 bits per heavy atom. The van der Waals surface area contributed by atoms with Crippen LogP contribution in [0.4, 0.5) is 19.0 Å². The van der Waals surface area contributed by atoms with Gasteiger partial charge in [0.2, 0.25) is 0 Å². The first-order chi connectivity index (χ1) is 15.1. The number of ether oxygens (including phenoxy) is 1. The first-order valence-corrected chi connectivity index (χ1v) is 10.7. The molecule has 2 aromatic heterocycles. The highest BCUT2D eigenvalue weighted by atomic mass is 32.1. The van der Waals surface area contributed by atoms with Crippen molar-refractivity contribution >= 4 is 27.4 Å². The number of aryl methyl sites for hydroxylation is 1. The molecule has 5 atom stereocenters. The number of rotatable bonds is 5. The van der Waals surface area contributed by atoms with Crippen LogP contribution in [-0.4, -0.2) is 66.9 Å². The average Bonchev–Trinajstić information content (AvgIpc) is 3.03. The van der Waals surface area contributed by atoms with Crippen molar-refractivity contribution in [2.24, 2.45) is 5.92 Å². The van der Waals surface area contributed by atoms with Crippen LogP contribution in [0.1, 0.15) is 12.1 Å². The Morgan fingerprint density at radius 1 is 1.19 bits per heavy atom. The molecule has 170 valence electrons. The molecule has 0 spiro atoms. The lowest BCUT2D eigenvalue weighted by atomic mass is 10.1. The molecule has 3 aromatic rings. The number of aliphatic hydroxyl groups is 3. The number of benzene rings is 1. The number of halogens is 3. The summed E-state index contributed by atoms with van der Waals surface area (Å²) in [6, 6.07) is 6.30. The van der Waals surface area contributed by atoms with Gasteiger partial charge < -0.3 is 25.4 Å². The number of aromatic nitrogens is 3. The predicted octanol–water partition coefficient (Wildman–Crippen LogP) is 2.27. The van der Waals surface area contributed by atoms with E-state index in [9.17, 15) is 28.5 Å². The van der Waals surface area contributed by atoms with E-state index in [0.29, 0.717) is 16.3 Å². The van der Waals surface area contributed by atoms with Crippen molar-refractivity contribution in [1.82, 2.24) is 15.0 Å². The number of hydrogen-bond donors (Lipinski definition) is 4. The van der Waals surface area contributed by atoms with Crippen LogP contribution in [0.15, 0.2) is 24.3 Å². The fraction of sp³-hybridized carbons (Fsp3) is 0.450. The molecular weight excluding hydrogens is 449 g/mol. The molecule has 32 heavy (non-hydrogen) atoms. The van der Waals surface area contributed by atoms with E-state index in [4.69, 9.17) is 4.74 Å². The lowest BCUT2D eigenvalue weighted by Gasteiger charge is -2.25. The minimum atomic E-state index is -4.56. The number of thiazole rings is 1. The van der Waals surface area contributed by atoms with Crippen LogP contribution in [0.2, 0.25) is 0 Å². The van der Waals surface area contributed by atoms with E-state index in [2.05, 4.69) is 20.3 Å². The molecular formula is C20H19F3N4O4S. The molecule has 2 aliphatic rings. The monoisotopic (exact) mass is 468 g/mol. The fourth-order valence-corrected chi connectivity index (χ4v) is 5.36. The van der Waals surface area contributed by atoms with Gasteiger partial charge in [-0.25, -0.2) is 4.98 Å². The molecule has 8 nitrogen and oxygen atoms in total. The SMILES string of the molecule is Cc1nc(OCC(F)(F)F)nc(N[C@@H]2C[C@@H]3C(O)[C@]3(O)[C@H]2O)c1-c1nc2ccccc2s1. The standard InChI is InChI=1S/C20H19F3N4O4S/c1-8-13(17-26-10-4-2-3-5-12(10)32-17)16(27-18(24-8)31-7-19(21,22)23)25-11-6-9-14(28)20(9,30)15(11)29/h2-5,9,11,14-15,28-30H,6-7H2,1H3,(H,24,25,27)/t9-,11-,14?,15+,20+/m1/s1. The van der Waals surface area contributed by atoms with Gasteiger partial charge in [0, 0.05) is 5.92 Å². The molecule has 0 bridgehead atoms. The zero-order chi connectivity index (χ0) is 22.8. The molecule has 0 amide bonds. The number of alkyl halides is 3. The van der Waals surface area contributed by atoms with E-state index in [1.165, 1.54) is 11.3 Å². The maximum atomic E-state index is 12.6. The minimum Gasteiger partial charge on any atom is -0.454 e. The number of fused-ring (bicyclic) bond motifs is 2. The van der Waals surface area contributed by atoms with Crippen LogP contribution in [0.3, 0.4) is 0 Å². The second kappa shape index (κ2) is 7.24. The van der Waals surface area contributed by atoms with Crippen molar-refractivity contribution in [1.29, 1.82) is 0 Å². The lowest BCUT2D eigenvalue weighted by Crippen LogP contribution is -2.42. The third-order valence-corrected chi connectivity index (χ3v) is 7.02. The highest BCUT2D eigenvalue weighted by Gasteiger charge is 2.74. The second-order valence-corrected chi connectivity index (χ2v) is 9.11. The summed E-state index contributed by atoms with van der Waals surface area (Å²) in [5, 5.41) is 34.3. The van der Waals surface area contributed by atoms with E-state index < -0.39 is 48.6 Å². The quantitative estimate of drug-likeness (QED) is 0.450. The van der Waals surface area contributed by atoms with E-state index in [-0.39, 0.29) is 12.2 Å². The van der Waals surface area contributed by atoms with Gasteiger partial charge in [0.1, 0.15) is 22.5 Å². The summed E-state index contributed by atoms with van der Waals surface area (Å²) in [6.07, 6.45) is -6.57. The van der Waals surface area contributed by atoms with Crippen molar-refractivity contribution in [3.8, 4) is 16.6 Å². The number of aliphatic hydroxyl groups excluding tert-OH is 2. The lowest BCUT2D eigenvalue weighted by molar-refractivity contribution is -0.154. The fourth-order valence-electron chi connectivity index (χ4n) is 4.29. The number of anilines is 1. The van der Waals surface area contributed by atoms with Crippen molar-refractivity contribution in [3.05, 3.63) is 30.0 Å². The van der Waals surface area contributed by atoms with Gasteiger partial charge in [-0.3, -0.25) is 0 Å². The normalized spacial score (nSPS) is 29.2. The summed E-state index contributed by atoms with van der Waals surface area (Å²) in [5.74, 6) is -0.345. The molecule has 1 unspecified atom stereocenters.